The fourth-order valence-electron chi connectivity index (χ4n) is 5.13. The maximum absolute atomic E-state index is 15.1. The molecule has 8 nitrogen and oxygen atoms in total. The Balaban J connectivity index is 1.71. The molecule has 3 heterocycles. The van der Waals surface area contributed by atoms with Gasteiger partial charge in [0, 0.05) is 66.5 Å². The van der Waals surface area contributed by atoms with E-state index in [1.165, 1.54) is 16.6 Å². The first-order chi connectivity index (χ1) is 19.7. The lowest BCUT2D eigenvalue weighted by Crippen LogP contribution is -2.50. The predicted molar refractivity (Wildman–Crippen MR) is 148 cm³/mol. The minimum Gasteiger partial charge on any atom is -0.444 e. The molecule has 0 spiro atoms. The summed E-state index contributed by atoms with van der Waals surface area (Å²) in [6.45, 7) is 6.00. The van der Waals surface area contributed by atoms with Crippen LogP contribution < -0.4 is 10.6 Å². The van der Waals surface area contributed by atoms with Crippen LogP contribution in [0.1, 0.15) is 26.3 Å². The number of rotatable bonds is 3. The number of nitrogens with zero attached hydrogens (tertiary/aromatic N) is 4. The van der Waals surface area contributed by atoms with E-state index < -0.39 is 58.0 Å². The molecule has 1 atom stereocenters. The summed E-state index contributed by atoms with van der Waals surface area (Å²) in [5.74, 6) is -1.89. The predicted octanol–water partition coefficient (Wildman–Crippen LogP) is 5.54. The van der Waals surface area contributed by atoms with Gasteiger partial charge < -0.3 is 19.3 Å². The second kappa shape index (κ2) is 11.0. The summed E-state index contributed by atoms with van der Waals surface area (Å²) in [6, 6.07) is 3.27. The van der Waals surface area contributed by atoms with Gasteiger partial charge in [-0.05, 0) is 39.0 Å². The van der Waals surface area contributed by atoms with E-state index in [1.807, 2.05) is 0 Å². The van der Waals surface area contributed by atoms with E-state index in [-0.39, 0.29) is 60.1 Å². The Bertz CT molecular complexity index is 1600. The SMILES string of the molecule is CO[C@H]1CSc2c(-c3ccc(F)cc3F)c(C(F)(F)F)cc3c(N4CCN(C(=O)OC(C)(C)C)CC4)nc(=O)n(c23)C1. The minimum absolute atomic E-state index is 0.0161. The summed E-state index contributed by atoms with van der Waals surface area (Å²) in [5.41, 5.74) is -3.30. The highest BCUT2D eigenvalue weighted by molar-refractivity contribution is 7.99. The highest BCUT2D eigenvalue weighted by Crippen LogP contribution is 2.48. The molecule has 1 saturated heterocycles. The second-order valence-electron chi connectivity index (χ2n) is 11.1. The molecule has 2 aliphatic heterocycles. The molecule has 5 rings (SSSR count). The summed E-state index contributed by atoms with van der Waals surface area (Å²) in [6.07, 6.45) is -5.99. The molecular weight excluding hydrogens is 583 g/mol. The van der Waals surface area contributed by atoms with Crippen molar-refractivity contribution in [3.8, 4) is 11.1 Å². The van der Waals surface area contributed by atoms with Gasteiger partial charge in [0.2, 0.25) is 0 Å². The zero-order valence-corrected chi connectivity index (χ0v) is 24.2. The van der Waals surface area contributed by atoms with E-state index in [1.54, 1.807) is 25.7 Å². The number of ether oxygens (including phenoxy) is 2. The number of piperazine rings is 1. The maximum atomic E-state index is 15.1. The number of carbonyl (C=O) groups excluding carboxylic acids is 1. The van der Waals surface area contributed by atoms with Gasteiger partial charge in [-0.2, -0.15) is 18.2 Å². The van der Waals surface area contributed by atoms with Gasteiger partial charge in [0.15, 0.2) is 0 Å². The molecule has 14 heteroatoms. The van der Waals surface area contributed by atoms with Gasteiger partial charge in [0.25, 0.3) is 0 Å². The van der Waals surface area contributed by atoms with Crippen molar-refractivity contribution in [2.45, 2.75) is 50.1 Å². The number of alkyl halides is 3. The van der Waals surface area contributed by atoms with Crippen molar-refractivity contribution in [1.29, 1.82) is 0 Å². The maximum Gasteiger partial charge on any atom is 0.417 e. The number of hydrogen-bond donors (Lipinski definition) is 0. The molecule has 0 N–H and O–H groups in total. The third kappa shape index (κ3) is 5.78. The van der Waals surface area contributed by atoms with Crippen LogP contribution in [0.15, 0.2) is 34.0 Å². The van der Waals surface area contributed by atoms with Gasteiger partial charge in [-0.1, -0.05) is 0 Å². The zero-order chi connectivity index (χ0) is 30.6. The molecule has 3 aromatic rings. The third-order valence-electron chi connectivity index (χ3n) is 7.07. The zero-order valence-electron chi connectivity index (χ0n) is 23.3. The summed E-state index contributed by atoms with van der Waals surface area (Å²) >= 11 is 1.01. The Morgan fingerprint density at radius 3 is 2.36 bits per heavy atom. The van der Waals surface area contributed by atoms with Crippen LogP contribution in [0.3, 0.4) is 0 Å². The van der Waals surface area contributed by atoms with Crippen LogP contribution >= 0.6 is 11.8 Å². The van der Waals surface area contributed by atoms with Gasteiger partial charge in [0.05, 0.1) is 23.7 Å². The smallest absolute Gasteiger partial charge is 0.417 e. The Kier molecular flexibility index (Phi) is 7.90. The molecule has 226 valence electrons. The van der Waals surface area contributed by atoms with E-state index in [0.29, 0.717) is 6.07 Å². The number of methoxy groups -OCH3 is 1. The van der Waals surface area contributed by atoms with Crippen LogP contribution in [0.4, 0.5) is 32.6 Å². The molecule has 0 unspecified atom stereocenters. The number of amides is 1. The van der Waals surface area contributed by atoms with Crippen LogP contribution in [0, 0.1) is 11.6 Å². The standard InChI is InChI=1S/C28H29F5N4O4S/c1-27(2,3)41-26(39)36-9-7-35(8-10-36)24-18-12-19(28(31,32)33)21(17-6-5-15(29)11-20(17)30)23-22(18)37(25(38)34-24)13-16(40-4)14-42-23/h5-6,11-12,16H,7-10,13-14H2,1-4H3/t16-/m1/s1. The molecule has 0 radical (unpaired) electrons. The first kappa shape index (κ1) is 30.1. The summed E-state index contributed by atoms with van der Waals surface area (Å²) < 4.78 is 85.1. The third-order valence-corrected chi connectivity index (χ3v) is 8.29. The van der Waals surface area contributed by atoms with Crippen molar-refractivity contribution < 1.29 is 36.2 Å². The number of thioether (sulfide) groups is 1. The largest absolute Gasteiger partial charge is 0.444 e. The lowest BCUT2D eigenvalue weighted by molar-refractivity contribution is -0.137. The van der Waals surface area contributed by atoms with Crippen LogP contribution in [0.25, 0.3) is 22.0 Å². The summed E-state index contributed by atoms with van der Waals surface area (Å²) in [4.78, 5) is 33.4. The minimum atomic E-state index is -4.93. The molecule has 0 aliphatic carbocycles. The van der Waals surface area contributed by atoms with Crippen LogP contribution in [-0.2, 0) is 22.2 Å². The number of anilines is 1. The van der Waals surface area contributed by atoms with Crippen molar-refractivity contribution in [3.63, 3.8) is 0 Å². The number of benzene rings is 2. The molecule has 0 bridgehead atoms. The molecule has 1 fully saturated rings. The Morgan fingerprint density at radius 2 is 1.76 bits per heavy atom. The van der Waals surface area contributed by atoms with Crippen molar-refractivity contribution >= 4 is 34.6 Å². The Morgan fingerprint density at radius 1 is 1.07 bits per heavy atom. The van der Waals surface area contributed by atoms with Crippen molar-refractivity contribution in [3.05, 3.63) is 51.9 Å². The monoisotopic (exact) mass is 612 g/mol. The Hall–Kier alpha value is -3.39. The van der Waals surface area contributed by atoms with Gasteiger partial charge in [-0.25, -0.2) is 18.4 Å². The fraction of sp³-hybridized carbons (Fsp3) is 0.464. The topological polar surface area (TPSA) is 76.9 Å². The van der Waals surface area contributed by atoms with E-state index in [2.05, 4.69) is 4.98 Å². The average molecular weight is 613 g/mol. The Labute approximate surface area is 242 Å². The highest BCUT2D eigenvalue weighted by atomic mass is 32.2. The second-order valence-corrected chi connectivity index (χ2v) is 12.1. The van der Waals surface area contributed by atoms with Crippen LogP contribution in [0.5, 0.6) is 0 Å². The van der Waals surface area contributed by atoms with Gasteiger partial charge in [-0.3, -0.25) is 4.57 Å². The lowest BCUT2D eigenvalue weighted by Gasteiger charge is -2.36. The molecule has 42 heavy (non-hydrogen) atoms. The first-order valence-corrected chi connectivity index (χ1v) is 14.2. The highest BCUT2D eigenvalue weighted by Gasteiger charge is 2.39. The molecule has 2 aliphatic rings. The molecule has 1 aromatic heterocycles. The van der Waals surface area contributed by atoms with Crippen molar-refractivity contribution in [1.82, 2.24) is 14.5 Å². The van der Waals surface area contributed by atoms with Gasteiger partial charge >= 0.3 is 18.0 Å². The molecule has 0 saturated carbocycles. The lowest BCUT2D eigenvalue weighted by atomic mass is 9.95. The number of aromatic nitrogens is 2. The van der Waals surface area contributed by atoms with E-state index in [0.717, 1.165) is 30.0 Å². The average Bonchev–Trinajstić information content (AvgIpc) is 3.10. The van der Waals surface area contributed by atoms with Crippen molar-refractivity contribution in [2.75, 3.05) is 43.9 Å². The van der Waals surface area contributed by atoms with E-state index in [9.17, 15) is 27.2 Å². The fourth-order valence-corrected chi connectivity index (χ4v) is 6.44. The van der Waals surface area contributed by atoms with Gasteiger partial charge in [0.1, 0.15) is 23.1 Å². The quantitative estimate of drug-likeness (QED) is 0.360. The van der Waals surface area contributed by atoms with Gasteiger partial charge in [-0.15, -0.1) is 11.8 Å². The number of halogens is 5. The van der Waals surface area contributed by atoms with E-state index >= 15 is 4.39 Å². The number of carbonyl (C=O) groups is 1. The van der Waals surface area contributed by atoms with Crippen LogP contribution in [0.2, 0.25) is 0 Å². The van der Waals surface area contributed by atoms with Crippen molar-refractivity contribution in [2.24, 2.45) is 0 Å². The summed E-state index contributed by atoms with van der Waals surface area (Å²) in [5, 5.41) is 0.0539. The van der Waals surface area contributed by atoms with E-state index in [4.69, 9.17) is 9.47 Å². The summed E-state index contributed by atoms with van der Waals surface area (Å²) in [7, 11) is 1.43. The molecular formula is C28H29F5N4O4S. The van der Waals surface area contributed by atoms with Crippen LogP contribution in [-0.4, -0.2) is 71.3 Å². The molecule has 2 aromatic carbocycles. The first-order valence-electron chi connectivity index (χ1n) is 13.2. The number of hydrogen-bond acceptors (Lipinski definition) is 7. The molecule has 1 amide bonds. The normalized spacial score (nSPS) is 17.9.